The highest BCUT2D eigenvalue weighted by Gasteiger charge is 2.26. The fourth-order valence-corrected chi connectivity index (χ4v) is 4.78. The van der Waals surface area contributed by atoms with Gasteiger partial charge in [0.25, 0.3) is 0 Å². The normalized spacial score (nSPS) is 19.8. The zero-order chi connectivity index (χ0) is 18.2. The van der Waals surface area contributed by atoms with Gasteiger partial charge in [-0.1, -0.05) is 19.3 Å². The van der Waals surface area contributed by atoms with Gasteiger partial charge in [0.2, 0.25) is 0 Å². The van der Waals surface area contributed by atoms with Crippen LogP contribution in [0, 0.1) is 0 Å². The fraction of sp³-hybridized carbons (Fsp3) is 0.524. The van der Waals surface area contributed by atoms with Gasteiger partial charge in [-0.25, -0.2) is 9.97 Å². The van der Waals surface area contributed by atoms with E-state index >= 15 is 0 Å². The van der Waals surface area contributed by atoms with Gasteiger partial charge in [0.1, 0.15) is 23.1 Å². The van der Waals surface area contributed by atoms with Crippen LogP contribution in [0.1, 0.15) is 32.1 Å². The van der Waals surface area contributed by atoms with Crippen LogP contribution in [0.3, 0.4) is 0 Å². The van der Waals surface area contributed by atoms with E-state index in [9.17, 15) is 0 Å². The van der Waals surface area contributed by atoms with E-state index in [1.54, 1.807) is 13.4 Å². The quantitative estimate of drug-likeness (QED) is 0.769. The fourth-order valence-electron chi connectivity index (χ4n) is 4.78. The maximum atomic E-state index is 5.36. The molecule has 5 rings (SSSR count). The Bertz CT molecular complexity index is 938. The van der Waals surface area contributed by atoms with Crippen LogP contribution >= 0.6 is 0 Å². The number of hydrogen-bond acceptors (Lipinski definition) is 5. The SMILES string of the molecule is COc1ccc2c(c1)[nH]c1c(N3CCN(C4CCCCC4)CC3)ncnc12. The lowest BCUT2D eigenvalue weighted by Crippen LogP contribution is -2.51. The third-order valence-electron chi connectivity index (χ3n) is 6.27. The number of piperazine rings is 1. The average Bonchev–Trinajstić information content (AvgIpc) is 3.12. The van der Waals surface area contributed by atoms with Crippen LogP contribution in [0.4, 0.5) is 5.82 Å². The van der Waals surface area contributed by atoms with E-state index in [1.807, 2.05) is 12.1 Å². The Morgan fingerprint density at radius 3 is 2.63 bits per heavy atom. The van der Waals surface area contributed by atoms with Crippen molar-refractivity contribution in [2.24, 2.45) is 0 Å². The van der Waals surface area contributed by atoms with Crippen molar-refractivity contribution in [2.45, 2.75) is 38.1 Å². The van der Waals surface area contributed by atoms with E-state index in [4.69, 9.17) is 4.74 Å². The molecule has 3 heterocycles. The maximum Gasteiger partial charge on any atom is 0.156 e. The Hall–Kier alpha value is -2.34. The van der Waals surface area contributed by atoms with E-state index in [0.29, 0.717) is 0 Å². The Kier molecular flexibility index (Phi) is 4.36. The van der Waals surface area contributed by atoms with E-state index in [2.05, 4.69) is 30.8 Å². The van der Waals surface area contributed by atoms with E-state index < -0.39 is 0 Å². The third kappa shape index (κ3) is 3.02. The van der Waals surface area contributed by atoms with Crippen LogP contribution in [0.15, 0.2) is 24.5 Å². The van der Waals surface area contributed by atoms with Gasteiger partial charge in [-0.2, -0.15) is 0 Å². The predicted molar refractivity (Wildman–Crippen MR) is 109 cm³/mol. The number of benzene rings is 1. The van der Waals surface area contributed by atoms with Gasteiger partial charge >= 0.3 is 0 Å². The van der Waals surface area contributed by atoms with Crippen LogP contribution in [0.25, 0.3) is 21.9 Å². The first-order valence-electron chi connectivity index (χ1n) is 10.1. The molecule has 142 valence electrons. The van der Waals surface area contributed by atoms with Gasteiger partial charge in [-0.15, -0.1) is 0 Å². The molecule has 27 heavy (non-hydrogen) atoms. The molecule has 1 saturated heterocycles. The predicted octanol–water partition coefficient (Wildman–Crippen LogP) is 3.57. The first-order chi connectivity index (χ1) is 13.3. The molecule has 2 fully saturated rings. The van der Waals surface area contributed by atoms with Gasteiger partial charge in [0, 0.05) is 43.7 Å². The highest BCUT2D eigenvalue weighted by atomic mass is 16.5. The average molecular weight is 365 g/mol. The minimum atomic E-state index is 0.798. The molecule has 6 heteroatoms. The van der Waals surface area contributed by atoms with Crippen molar-refractivity contribution in [3.63, 3.8) is 0 Å². The number of rotatable bonds is 3. The highest BCUT2D eigenvalue weighted by Crippen LogP contribution is 2.32. The summed E-state index contributed by atoms with van der Waals surface area (Å²) in [5.74, 6) is 1.88. The minimum absolute atomic E-state index is 0.798. The topological polar surface area (TPSA) is 57.3 Å². The number of anilines is 1. The van der Waals surface area contributed by atoms with Crippen LogP contribution < -0.4 is 9.64 Å². The van der Waals surface area contributed by atoms with Gasteiger partial charge in [-0.3, -0.25) is 4.90 Å². The number of nitrogens with one attached hydrogen (secondary N) is 1. The molecule has 3 aromatic rings. The molecule has 0 amide bonds. The molecule has 0 bridgehead atoms. The molecular weight excluding hydrogens is 338 g/mol. The summed E-state index contributed by atoms with van der Waals surface area (Å²) in [5, 5.41) is 1.12. The second kappa shape index (κ2) is 7.00. The summed E-state index contributed by atoms with van der Waals surface area (Å²) in [4.78, 5) is 17.8. The molecule has 1 saturated carbocycles. The van der Waals surface area contributed by atoms with Crippen molar-refractivity contribution in [1.29, 1.82) is 0 Å². The van der Waals surface area contributed by atoms with Crippen molar-refractivity contribution >= 4 is 27.8 Å². The monoisotopic (exact) mass is 365 g/mol. The summed E-state index contributed by atoms with van der Waals surface area (Å²) in [5.41, 5.74) is 3.08. The van der Waals surface area contributed by atoms with Gasteiger partial charge in [0.15, 0.2) is 5.82 Å². The lowest BCUT2D eigenvalue weighted by molar-refractivity contribution is 0.148. The van der Waals surface area contributed by atoms with Crippen molar-refractivity contribution < 1.29 is 4.74 Å². The number of methoxy groups -OCH3 is 1. The number of H-pyrrole nitrogens is 1. The molecule has 6 nitrogen and oxygen atoms in total. The van der Waals surface area contributed by atoms with Gasteiger partial charge in [0.05, 0.1) is 12.6 Å². The zero-order valence-corrected chi connectivity index (χ0v) is 15.9. The number of nitrogens with zero attached hydrogens (tertiary/aromatic N) is 4. The lowest BCUT2D eigenvalue weighted by Gasteiger charge is -2.41. The summed E-state index contributed by atoms with van der Waals surface area (Å²) in [7, 11) is 1.70. The van der Waals surface area contributed by atoms with E-state index in [1.165, 1.54) is 32.1 Å². The molecule has 1 aromatic carbocycles. The van der Waals surface area contributed by atoms with Gasteiger partial charge in [-0.05, 0) is 25.0 Å². The van der Waals surface area contributed by atoms with Crippen LogP contribution in [-0.4, -0.2) is 59.2 Å². The molecule has 2 aliphatic rings. The lowest BCUT2D eigenvalue weighted by atomic mass is 9.94. The summed E-state index contributed by atoms with van der Waals surface area (Å²) in [6.45, 7) is 4.32. The van der Waals surface area contributed by atoms with Crippen LogP contribution in [-0.2, 0) is 0 Å². The third-order valence-corrected chi connectivity index (χ3v) is 6.27. The zero-order valence-electron chi connectivity index (χ0n) is 15.9. The van der Waals surface area contributed by atoms with Crippen LogP contribution in [0.2, 0.25) is 0 Å². The smallest absolute Gasteiger partial charge is 0.156 e. The Labute approximate surface area is 159 Å². The summed E-state index contributed by atoms with van der Waals surface area (Å²) in [6.07, 6.45) is 8.67. The second-order valence-corrected chi connectivity index (χ2v) is 7.77. The molecule has 0 spiro atoms. The number of fused-ring (bicyclic) bond motifs is 3. The molecule has 1 N–H and O–H groups in total. The summed E-state index contributed by atoms with van der Waals surface area (Å²) >= 11 is 0. The minimum Gasteiger partial charge on any atom is -0.497 e. The number of aromatic nitrogens is 3. The number of aromatic amines is 1. The molecular formula is C21H27N5O. The van der Waals surface area contributed by atoms with E-state index in [0.717, 1.165) is 65.7 Å². The first-order valence-corrected chi connectivity index (χ1v) is 10.1. The Morgan fingerprint density at radius 2 is 1.85 bits per heavy atom. The largest absolute Gasteiger partial charge is 0.497 e. The maximum absolute atomic E-state index is 5.36. The number of hydrogen-bond donors (Lipinski definition) is 1. The molecule has 2 aromatic heterocycles. The molecule has 0 atom stereocenters. The molecule has 1 aliphatic carbocycles. The number of ether oxygens (including phenoxy) is 1. The van der Waals surface area contributed by atoms with Crippen molar-refractivity contribution in [2.75, 3.05) is 38.2 Å². The van der Waals surface area contributed by atoms with Crippen LogP contribution in [0.5, 0.6) is 5.75 Å². The first kappa shape index (κ1) is 16.8. The second-order valence-electron chi connectivity index (χ2n) is 7.77. The molecule has 0 radical (unpaired) electrons. The molecule has 1 aliphatic heterocycles. The van der Waals surface area contributed by atoms with E-state index in [-0.39, 0.29) is 0 Å². The Morgan fingerprint density at radius 1 is 1.04 bits per heavy atom. The highest BCUT2D eigenvalue weighted by molar-refractivity contribution is 6.08. The standard InChI is InChI=1S/C21H27N5O/c1-27-16-7-8-17-18(13-16)24-20-19(17)22-14-23-21(20)26-11-9-25(10-12-26)15-5-3-2-4-6-15/h7-8,13-15,24H,2-6,9-12H2,1H3. The van der Waals surface area contributed by atoms with Gasteiger partial charge < -0.3 is 14.6 Å². The van der Waals surface area contributed by atoms with Crippen molar-refractivity contribution in [3.8, 4) is 5.75 Å². The summed E-state index contributed by atoms with van der Waals surface area (Å²) < 4.78 is 5.36. The van der Waals surface area contributed by atoms with Crippen molar-refractivity contribution in [3.05, 3.63) is 24.5 Å². The summed E-state index contributed by atoms with van der Waals surface area (Å²) in [6, 6.07) is 6.89. The Balaban J connectivity index is 1.42. The van der Waals surface area contributed by atoms with Crippen molar-refractivity contribution in [1.82, 2.24) is 19.9 Å². The molecule has 0 unspecified atom stereocenters.